The van der Waals surface area contributed by atoms with Crippen molar-refractivity contribution in [2.24, 2.45) is 5.10 Å². The van der Waals surface area contributed by atoms with Gasteiger partial charge in [-0.05, 0) is 32.0 Å². The zero-order valence-electron chi connectivity index (χ0n) is 14.6. The summed E-state index contributed by atoms with van der Waals surface area (Å²) < 4.78 is 15.0. The van der Waals surface area contributed by atoms with E-state index in [1.54, 1.807) is 38.1 Å². The Kier molecular flexibility index (Phi) is 5.32. The molecule has 0 aliphatic rings. The van der Waals surface area contributed by atoms with Crippen molar-refractivity contribution in [3.8, 4) is 0 Å². The molecule has 8 heteroatoms. The number of fused-ring (bicyclic) bond motifs is 1. The zero-order chi connectivity index (χ0) is 19.6. The summed E-state index contributed by atoms with van der Waals surface area (Å²) >= 11 is 5.92. The number of rotatable bonds is 4. The number of aromatic nitrogens is 2. The maximum Gasteiger partial charge on any atom is 0.292 e. The first kappa shape index (κ1) is 18.7. The second-order valence-electron chi connectivity index (χ2n) is 6.07. The van der Waals surface area contributed by atoms with E-state index in [1.165, 1.54) is 22.9 Å². The minimum Gasteiger partial charge on any atom is -0.267 e. The molecule has 0 aliphatic carbocycles. The van der Waals surface area contributed by atoms with E-state index in [4.69, 9.17) is 11.6 Å². The van der Waals surface area contributed by atoms with Crippen molar-refractivity contribution in [2.75, 3.05) is 0 Å². The molecule has 0 spiro atoms. The Balaban J connectivity index is 1.98. The van der Waals surface area contributed by atoms with Gasteiger partial charge in [-0.2, -0.15) is 10.2 Å². The molecule has 0 atom stereocenters. The van der Waals surface area contributed by atoms with Crippen LogP contribution in [0.3, 0.4) is 0 Å². The van der Waals surface area contributed by atoms with Gasteiger partial charge in [0.25, 0.3) is 11.5 Å². The SMILES string of the molecule is CC(C)n1nc(C(=O)N/N=C\c2c(F)cccc2Cl)c2ccccc2c1=O. The lowest BCUT2D eigenvalue weighted by Crippen LogP contribution is -2.30. The van der Waals surface area contributed by atoms with Crippen LogP contribution in [0.2, 0.25) is 5.02 Å². The molecule has 0 unspecified atom stereocenters. The number of hydrogen-bond donors (Lipinski definition) is 1. The topological polar surface area (TPSA) is 76.3 Å². The minimum atomic E-state index is -0.621. The van der Waals surface area contributed by atoms with Crippen molar-refractivity contribution in [1.29, 1.82) is 0 Å². The highest BCUT2D eigenvalue weighted by molar-refractivity contribution is 6.33. The molecule has 1 N–H and O–H groups in total. The molecule has 1 amide bonds. The van der Waals surface area contributed by atoms with Crippen LogP contribution < -0.4 is 11.0 Å². The summed E-state index contributed by atoms with van der Waals surface area (Å²) in [5.74, 6) is -1.18. The Morgan fingerprint density at radius 1 is 1.22 bits per heavy atom. The predicted molar refractivity (Wildman–Crippen MR) is 103 cm³/mol. The van der Waals surface area contributed by atoms with Crippen LogP contribution in [0.4, 0.5) is 4.39 Å². The molecule has 0 radical (unpaired) electrons. The second-order valence-corrected chi connectivity index (χ2v) is 6.48. The van der Waals surface area contributed by atoms with Crippen molar-refractivity contribution in [3.05, 3.63) is 74.9 Å². The fraction of sp³-hybridized carbons (Fsp3) is 0.158. The summed E-state index contributed by atoms with van der Waals surface area (Å²) in [5, 5.41) is 8.91. The molecule has 3 aromatic rings. The molecule has 0 saturated carbocycles. The number of carbonyl (C=O) groups excluding carboxylic acids is 1. The van der Waals surface area contributed by atoms with Crippen LogP contribution >= 0.6 is 11.6 Å². The smallest absolute Gasteiger partial charge is 0.267 e. The van der Waals surface area contributed by atoms with Gasteiger partial charge in [-0.25, -0.2) is 14.5 Å². The van der Waals surface area contributed by atoms with Gasteiger partial charge in [-0.3, -0.25) is 9.59 Å². The highest BCUT2D eigenvalue weighted by Gasteiger charge is 2.17. The molecule has 1 heterocycles. The van der Waals surface area contributed by atoms with Crippen LogP contribution in [0.25, 0.3) is 10.8 Å². The molecule has 138 valence electrons. The molecule has 1 aromatic heterocycles. The minimum absolute atomic E-state index is 0.0516. The summed E-state index contributed by atoms with van der Waals surface area (Å²) in [6.45, 7) is 3.59. The van der Waals surface area contributed by atoms with Gasteiger partial charge < -0.3 is 0 Å². The highest BCUT2D eigenvalue weighted by Crippen LogP contribution is 2.17. The first-order chi connectivity index (χ1) is 12.9. The van der Waals surface area contributed by atoms with Crippen LogP contribution in [0.5, 0.6) is 0 Å². The second kappa shape index (κ2) is 7.67. The largest absolute Gasteiger partial charge is 0.292 e. The van der Waals surface area contributed by atoms with Gasteiger partial charge in [0.1, 0.15) is 5.82 Å². The molecule has 0 aliphatic heterocycles. The number of hydrogen-bond acceptors (Lipinski definition) is 4. The van der Waals surface area contributed by atoms with E-state index in [9.17, 15) is 14.0 Å². The maximum atomic E-state index is 13.8. The van der Waals surface area contributed by atoms with Crippen LogP contribution in [-0.2, 0) is 0 Å². The third-order valence-electron chi connectivity index (χ3n) is 3.89. The average molecular weight is 387 g/mol. The maximum absolute atomic E-state index is 13.8. The van der Waals surface area contributed by atoms with Crippen LogP contribution in [-0.4, -0.2) is 21.9 Å². The first-order valence-electron chi connectivity index (χ1n) is 8.19. The quantitative estimate of drug-likeness (QED) is 0.550. The van der Waals surface area contributed by atoms with Crippen molar-refractivity contribution < 1.29 is 9.18 Å². The Morgan fingerprint density at radius 2 is 1.93 bits per heavy atom. The summed E-state index contributed by atoms with van der Waals surface area (Å²) in [6, 6.07) is 10.7. The number of amides is 1. The molecule has 0 saturated heterocycles. The number of halogens is 2. The highest BCUT2D eigenvalue weighted by atomic mass is 35.5. The molecule has 27 heavy (non-hydrogen) atoms. The van der Waals surface area contributed by atoms with Gasteiger partial charge in [0, 0.05) is 10.9 Å². The van der Waals surface area contributed by atoms with Crippen LogP contribution in [0, 0.1) is 5.82 Å². The van der Waals surface area contributed by atoms with E-state index in [1.807, 2.05) is 0 Å². The molecular formula is C19H16ClFN4O2. The lowest BCUT2D eigenvalue weighted by atomic mass is 10.1. The van der Waals surface area contributed by atoms with Crippen LogP contribution in [0.15, 0.2) is 52.4 Å². The average Bonchev–Trinajstić information content (AvgIpc) is 2.64. The number of benzene rings is 2. The molecule has 0 fully saturated rings. The Hall–Kier alpha value is -3.06. The lowest BCUT2D eigenvalue weighted by molar-refractivity contribution is 0.0949. The van der Waals surface area contributed by atoms with Crippen molar-refractivity contribution >= 4 is 34.5 Å². The number of nitrogens with zero attached hydrogens (tertiary/aromatic N) is 3. The molecular weight excluding hydrogens is 371 g/mol. The Morgan fingerprint density at radius 3 is 2.59 bits per heavy atom. The Labute approximate surface area is 159 Å². The molecule has 3 rings (SSSR count). The first-order valence-corrected chi connectivity index (χ1v) is 8.57. The fourth-order valence-corrected chi connectivity index (χ4v) is 2.78. The lowest BCUT2D eigenvalue weighted by Gasteiger charge is -2.12. The van der Waals surface area contributed by atoms with E-state index in [2.05, 4.69) is 15.6 Å². The molecule has 2 aromatic carbocycles. The van der Waals surface area contributed by atoms with E-state index in [0.29, 0.717) is 10.8 Å². The third-order valence-corrected chi connectivity index (χ3v) is 4.22. The van der Waals surface area contributed by atoms with Crippen molar-refractivity contribution in [1.82, 2.24) is 15.2 Å². The van der Waals surface area contributed by atoms with E-state index in [-0.39, 0.29) is 27.9 Å². The van der Waals surface area contributed by atoms with E-state index in [0.717, 1.165) is 6.21 Å². The summed E-state index contributed by atoms with van der Waals surface area (Å²) in [6.07, 6.45) is 1.12. The van der Waals surface area contributed by atoms with Crippen molar-refractivity contribution in [3.63, 3.8) is 0 Å². The molecule has 6 nitrogen and oxygen atoms in total. The van der Waals surface area contributed by atoms with Gasteiger partial charge in [0.15, 0.2) is 5.69 Å². The predicted octanol–water partition coefficient (Wildman–Crippen LogP) is 3.53. The Bertz CT molecular complexity index is 1090. The normalized spacial score (nSPS) is 11.4. The number of nitrogens with one attached hydrogen (secondary N) is 1. The van der Waals surface area contributed by atoms with Crippen LogP contribution in [0.1, 0.15) is 35.9 Å². The third kappa shape index (κ3) is 3.73. The number of carbonyl (C=O) groups is 1. The van der Waals surface area contributed by atoms with Gasteiger partial charge >= 0.3 is 0 Å². The standard InChI is InChI=1S/C19H16ClFN4O2/c1-11(2)25-19(27)13-7-4-3-6-12(13)17(24-25)18(26)23-22-10-14-15(20)8-5-9-16(14)21/h3-11H,1-2H3,(H,23,26)/b22-10-. The van der Waals surface area contributed by atoms with E-state index < -0.39 is 11.7 Å². The summed E-state index contributed by atoms with van der Waals surface area (Å²) in [7, 11) is 0. The van der Waals surface area contributed by atoms with Gasteiger partial charge in [0.2, 0.25) is 0 Å². The monoisotopic (exact) mass is 386 g/mol. The number of hydrazone groups is 1. The van der Waals surface area contributed by atoms with E-state index >= 15 is 0 Å². The van der Waals surface area contributed by atoms with Gasteiger partial charge in [0.05, 0.1) is 22.7 Å². The molecule has 0 bridgehead atoms. The zero-order valence-corrected chi connectivity index (χ0v) is 15.4. The summed E-state index contributed by atoms with van der Waals surface area (Å²) in [4.78, 5) is 25.1. The van der Waals surface area contributed by atoms with Gasteiger partial charge in [-0.1, -0.05) is 35.9 Å². The fourth-order valence-electron chi connectivity index (χ4n) is 2.57. The van der Waals surface area contributed by atoms with Gasteiger partial charge in [-0.15, -0.1) is 0 Å². The summed E-state index contributed by atoms with van der Waals surface area (Å²) in [5.41, 5.74) is 2.14. The van der Waals surface area contributed by atoms with Crippen molar-refractivity contribution in [2.45, 2.75) is 19.9 Å².